The normalized spacial score (nSPS) is 11.6. The second-order valence-corrected chi connectivity index (χ2v) is 7.64. The maximum atomic E-state index is 15.3. The monoisotopic (exact) mass is 501 g/mol. The van der Waals surface area contributed by atoms with Crippen molar-refractivity contribution in [1.82, 2.24) is 4.90 Å². The smallest absolute Gasteiger partial charge is 0.323 e. The molecule has 0 aromatic heterocycles. The highest BCUT2D eigenvalue weighted by Crippen LogP contribution is 2.33. The molecule has 0 saturated heterocycles. The van der Waals surface area contributed by atoms with Crippen LogP contribution in [0, 0.1) is 22.9 Å². The number of carboxylic acid groups (broad SMARTS) is 1. The molecule has 0 bridgehead atoms. The first-order valence-corrected chi connectivity index (χ1v) is 10.5. The molecule has 3 rings (SSSR count). The Kier molecular flexibility index (Phi) is 8.28. The molecule has 0 heterocycles. The lowest BCUT2D eigenvalue weighted by Crippen LogP contribution is -2.39. The predicted octanol–water partition coefficient (Wildman–Crippen LogP) is 3.98. The van der Waals surface area contributed by atoms with Crippen LogP contribution < -0.4 is 10.5 Å². The average molecular weight is 501 g/mol. The lowest BCUT2D eigenvalue weighted by Gasteiger charge is -2.26. The summed E-state index contributed by atoms with van der Waals surface area (Å²) in [5.41, 5.74) is 5.56. The van der Waals surface area contributed by atoms with Crippen LogP contribution in [0.1, 0.15) is 22.8 Å². The number of hydrogen-bond acceptors (Lipinski definition) is 5. The van der Waals surface area contributed by atoms with E-state index >= 15 is 4.39 Å². The molecule has 36 heavy (non-hydrogen) atoms. The van der Waals surface area contributed by atoms with Gasteiger partial charge < -0.3 is 25.2 Å². The molecule has 11 heteroatoms. The highest BCUT2D eigenvalue weighted by Gasteiger charge is 2.33. The molecule has 3 aromatic carbocycles. The molecule has 1 amide bonds. The van der Waals surface area contributed by atoms with Crippen LogP contribution in [0.25, 0.3) is 0 Å². The third-order valence-electron chi connectivity index (χ3n) is 5.13. The van der Waals surface area contributed by atoms with Crippen LogP contribution in [0.15, 0.2) is 60.7 Å². The van der Waals surface area contributed by atoms with Gasteiger partial charge in [-0.15, -0.1) is 0 Å². The van der Waals surface area contributed by atoms with Gasteiger partial charge in [0, 0.05) is 19.2 Å². The minimum absolute atomic E-state index is 0.0645. The zero-order valence-corrected chi connectivity index (χ0v) is 19.0. The van der Waals surface area contributed by atoms with E-state index in [2.05, 4.69) is 0 Å². The zero-order chi connectivity index (χ0) is 26.4. The number of nitrogen functional groups attached to an aromatic ring is 1. The number of ether oxygens (including phenoxy) is 2. The van der Waals surface area contributed by atoms with Crippen molar-refractivity contribution in [3.05, 3.63) is 94.8 Å². The van der Waals surface area contributed by atoms with Crippen molar-refractivity contribution in [3.8, 4) is 11.5 Å². The summed E-state index contributed by atoms with van der Waals surface area (Å²) in [4.78, 5) is 25.6. The molecule has 4 N–H and O–H groups in total. The highest BCUT2D eigenvalue weighted by molar-refractivity contribution is 5.94. The van der Waals surface area contributed by atoms with Crippen molar-refractivity contribution in [3.63, 3.8) is 0 Å². The number of hydrogen-bond donors (Lipinski definition) is 3. The molecule has 0 saturated carbocycles. The number of nitrogens with two attached hydrogens (primary N) is 1. The molecule has 0 aliphatic carbocycles. The van der Waals surface area contributed by atoms with Gasteiger partial charge in [0.15, 0.2) is 17.7 Å². The van der Waals surface area contributed by atoms with Crippen molar-refractivity contribution in [2.24, 2.45) is 5.73 Å². The predicted molar refractivity (Wildman–Crippen MR) is 123 cm³/mol. The second-order valence-electron chi connectivity index (χ2n) is 7.64. The quantitative estimate of drug-likeness (QED) is 0.285. The fourth-order valence-electron chi connectivity index (χ4n) is 3.39. The van der Waals surface area contributed by atoms with Gasteiger partial charge in [0.05, 0.1) is 5.56 Å². The largest absolute Gasteiger partial charge is 0.480 e. The van der Waals surface area contributed by atoms with Gasteiger partial charge in [0.2, 0.25) is 0 Å². The van der Waals surface area contributed by atoms with Gasteiger partial charge in [0.25, 0.3) is 5.91 Å². The number of nitrogens with zero attached hydrogens (tertiary/aromatic N) is 1. The van der Waals surface area contributed by atoms with Gasteiger partial charge in [-0.2, -0.15) is 0 Å². The summed E-state index contributed by atoms with van der Waals surface area (Å²) in [5, 5.41) is 16.8. The van der Waals surface area contributed by atoms with Crippen molar-refractivity contribution >= 4 is 17.7 Å². The fraction of sp³-hybridized carbons (Fsp3) is 0.160. The summed E-state index contributed by atoms with van der Waals surface area (Å²) in [6.45, 7) is -1.000. The molecule has 8 nitrogen and oxygen atoms in total. The summed E-state index contributed by atoms with van der Waals surface area (Å²) in [6, 6.07) is 12.6. The van der Waals surface area contributed by atoms with Gasteiger partial charge in [-0.05, 0) is 42.0 Å². The van der Waals surface area contributed by atoms with Gasteiger partial charge >= 0.3 is 5.97 Å². The number of amides is 1. The summed E-state index contributed by atoms with van der Waals surface area (Å²) < 4.78 is 53.7. The number of aliphatic carboxylic acids is 1. The van der Waals surface area contributed by atoms with Gasteiger partial charge in [-0.25, -0.2) is 13.2 Å². The molecular weight excluding hydrogens is 479 g/mol. The fourth-order valence-corrected chi connectivity index (χ4v) is 3.39. The molecule has 0 radical (unpaired) electrons. The minimum Gasteiger partial charge on any atom is -0.480 e. The van der Waals surface area contributed by atoms with Gasteiger partial charge in [-0.1, -0.05) is 24.3 Å². The molecule has 1 unspecified atom stereocenters. The Hall–Kier alpha value is -4.38. The lowest BCUT2D eigenvalue weighted by molar-refractivity contribution is -0.150. The van der Waals surface area contributed by atoms with E-state index in [0.29, 0.717) is 11.1 Å². The molecule has 0 aliphatic heterocycles. The SMILES string of the molecule is COC(C(=O)N(CC(=O)O)Cc1ccc(C(=N)N)cc1)c1c(F)ccc(Oc2ccc(F)cc2)c1F. The Morgan fingerprint density at radius 3 is 2.22 bits per heavy atom. The number of carbonyl (C=O) groups excluding carboxylic acids is 1. The van der Waals surface area contributed by atoms with Crippen LogP contribution in [-0.4, -0.2) is 41.4 Å². The number of carbonyl (C=O) groups is 2. The number of nitrogens with one attached hydrogen (secondary N) is 1. The zero-order valence-electron chi connectivity index (χ0n) is 19.0. The first-order valence-electron chi connectivity index (χ1n) is 10.5. The number of benzene rings is 3. The van der Waals surface area contributed by atoms with E-state index in [-0.39, 0.29) is 18.1 Å². The maximum Gasteiger partial charge on any atom is 0.323 e. The van der Waals surface area contributed by atoms with Crippen molar-refractivity contribution in [2.75, 3.05) is 13.7 Å². The summed E-state index contributed by atoms with van der Waals surface area (Å²) in [5.74, 6) is -5.80. The van der Waals surface area contributed by atoms with Crippen LogP contribution in [0.4, 0.5) is 13.2 Å². The van der Waals surface area contributed by atoms with Crippen molar-refractivity contribution in [1.29, 1.82) is 5.41 Å². The number of amidine groups is 1. The molecule has 3 aromatic rings. The van der Waals surface area contributed by atoms with E-state index in [1.807, 2.05) is 0 Å². The minimum atomic E-state index is -1.84. The van der Waals surface area contributed by atoms with Crippen LogP contribution in [0.3, 0.4) is 0 Å². The van der Waals surface area contributed by atoms with Crippen molar-refractivity contribution < 1.29 is 37.3 Å². The molecular formula is C25H22F3N3O5. The van der Waals surface area contributed by atoms with Gasteiger partial charge in [-0.3, -0.25) is 15.0 Å². The van der Waals surface area contributed by atoms with E-state index in [9.17, 15) is 23.5 Å². The van der Waals surface area contributed by atoms with E-state index in [1.165, 1.54) is 24.3 Å². The van der Waals surface area contributed by atoms with E-state index in [1.54, 1.807) is 12.1 Å². The molecule has 0 aliphatic rings. The van der Waals surface area contributed by atoms with Crippen LogP contribution >= 0.6 is 0 Å². The van der Waals surface area contributed by atoms with E-state index in [0.717, 1.165) is 36.3 Å². The number of methoxy groups -OCH3 is 1. The topological polar surface area (TPSA) is 126 Å². The summed E-state index contributed by atoms with van der Waals surface area (Å²) in [7, 11) is 1.05. The number of carboxylic acids is 1. The standard InChI is InChI=1S/C25H22F3N3O5/c1-35-23(21-18(27)10-11-19(22(21)28)36-17-8-6-16(26)7-9-17)25(34)31(13-20(32)33)12-14-2-4-15(5-3-14)24(29)30/h2-11,23H,12-13H2,1H3,(H3,29,30)(H,32,33). The molecule has 0 fully saturated rings. The summed E-state index contributed by atoms with van der Waals surface area (Å²) >= 11 is 0. The Labute approximate surface area is 204 Å². The number of halogens is 3. The van der Waals surface area contributed by atoms with Crippen LogP contribution in [0.5, 0.6) is 11.5 Å². The first kappa shape index (κ1) is 26.2. The third-order valence-corrected chi connectivity index (χ3v) is 5.13. The number of rotatable bonds is 10. The Balaban J connectivity index is 1.93. The molecule has 188 valence electrons. The van der Waals surface area contributed by atoms with Gasteiger partial charge in [0.1, 0.15) is 29.8 Å². The average Bonchev–Trinajstić information content (AvgIpc) is 2.84. The Morgan fingerprint density at radius 1 is 1.03 bits per heavy atom. The first-order chi connectivity index (χ1) is 17.1. The second kappa shape index (κ2) is 11.4. The highest BCUT2D eigenvalue weighted by atomic mass is 19.1. The molecule has 0 spiro atoms. The summed E-state index contributed by atoms with van der Waals surface area (Å²) in [6.07, 6.45) is -1.84. The van der Waals surface area contributed by atoms with E-state index in [4.69, 9.17) is 20.6 Å². The van der Waals surface area contributed by atoms with Crippen molar-refractivity contribution in [2.45, 2.75) is 12.6 Å². The lowest BCUT2D eigenvalue weighted by atomic mass is 10.0. The Morgan fingerprint density at radius 2 is 1.67 bits per heavy atom. The third kappa shape index (κ3) is 6.19. The van der Waals surface area contributed by atoms with E-state index < -0.39 is 53.3 Å². The van der Waals surface area contributed by atoms with Crippen LogP contribution in [-0.2, 0) is 20.9 Å². The maximum absolute atomic E-state index is 15.3. The molecule has 1 atom stereocenters. The Bertz CT molecular complexity index is 1270. The van der Waals surface area contributed by atoms with Crippen LogP contribution in [0.2, 0.25) is 0 Å².